The molecule has 18 heavy (non-hydrogen) atoms. The Morgan fingerprint density at radius 2 is 2.22 bits per heavy atom. The lowest BCUT2D eigenvalue weighted by Crippen LogP contribution is -2.24. The number of aromatic nitrogens is 3. The molecule has 1 rings (SSSR count). The van der Waals surface area contributed by atoms with Crippen LogP contribution in [0, 0.1) is 5.41 Å². The number of nitrogens with zero attached hydrogens (tertiary/aromatic N) is 3. The molecule has 0 unspecified atom stereocenters. The van der Waals surface area contributed by atoms with Crippen LogP contribution < -0.4 is 5.32 Å². The third kappa shape index (κ3) is 5.27. The highest BCUT2D eigenvalue weighted by atomic mass is 16.4. The molecule has 0 bridgehead atoms. The van der Waals surface area contributed by atoms with Crippen molar-refractivity contribution in [3.05, 3.63) is 12.2 Å². The molecule has 0 atom stereocenters. The van der Waals surface area contributed by atoms with Gasteiger partial charge in [0.15, 0.2) is 0 Å². The molecule has 0 aliphatic rings. The molecular formula is C12H22N4O2. The average molecular weight is 254 g/mol. The average Bonchev–Trinajstić information content (AvgIpc) is 2.68. The van der Waals surface area contributed by atoms with Gasteiger partial charge in [-0.25, -0.2) is 0 Å². The van der Waals surface area contributed by atoms with Crippen LogP contribution >= 0.6 is 0 Å². The highest BCUT2D eigenvalue weighted by molar-refractivity contribution is 5.66. The molecule has 0 spiro atoms. The van der Waals surface area contributed by atoms with Crippen molar-refractivity contribution < 1.29 is 9.90 Å². The topological polar surface area (TPSA) is 80.0 Å². The van der Waals surface area contributed by atoms with E-state index in [-0.39, 0.29) is 11.8 Å². The highest BCUT2D eigenvalue weighted by Gasteiger charge is 2.18. The Morgan fingerprint density at radius 3 is 2.78 bits per heavy atom. The first kappa shape index (κ1) is 14.6. The maximum absolute atomic E-state index is 10.5. The zero-order valence-electron chi connectivity index (χ0n) is 11.3. The number of nitrogens with one attached hydrogen (secondary N) is 1. The third-order valence-corrected chi connectivity index (χ3v) is 3.08. The summed E-state index contributed by atoms with van der Waals surface area (Å²) in [7, 11) is 1.91. The van der Waals surface area contributed by atoms with Gasteiger partial charge in [-0.3, -0.25) is 4.79 Å². The molecule has 1 aromatic rings. The fourth-order valence-corrected chi connectivity index (χ4v) is 1.66. The van der Waals surface area contributed by atoms with Crippen molar-refractivity contribution in [2.75, 3.05) is 6.54 Å². The third-order valence-electron chi connectivity index (χ3n) is 3.08. The molecule has 0 aliphatic heterocycles. The molecule has 1 aromatic heterocycles. The van der Waals surface area contributed by atoms with Crippen molar-refractivity contribution >= 4 is 5.97 Å². The van der Waals surface area contributed by atoms with Gasteiger partial charge in [0, 0.05) is 13.5 Å². The van der Waals surface area contributed by atoms with Crippen LogP contribution in [0.5, 0.6) is 0 Å². The van der Waals surface area contributed by atoms with Crippen molar-refractivity contribution in [3.8, 4) is 0 Å². The molecule has 1 heterocycles. The van der Waals surface area contributed by atoms with E-state index in [1.54, 1.807) is 6.33 Å². The Hall–Kier alpha value is -1.43. The van der Waals surface area contributed by atoms with Crippen LogP contribution in [-0.2, 0) is 18.4 Å². The van der Waals surface area contributed by atoms with Gasteiger partial charge in [0.2, 0.25) is 0 Å². The number of carboxylic acid groups (broad SMARTS) is 1. The standard InChI is InChI=1S/C12H22N4O2/c1-12(2,5-4-11(17)18)6-7-13-8-10-15-14-9-16(10)3/h9,13H,4-8H2,1-3H3,(H,17,18). The van der Waals surface area contributed by atoms with Crippen molar-refractivity contribution in [2.45, 2.75) is 39.7 Å². The monoisotopic (exact) mass is 254 g/mol. The summed E-state index contributed by atoms with van der Waals surface area (Å²) in [6.07, 6.45) is 3.55. The molecule has 0 saturated carbocycles. The second-order valence-corrected chi connectivity index (χ2v) is 5.34. The minimum atomic E-state index is -0.727. The summed E-state index contributed by atoms with van der Waals surface area (Å²) in [5.74, 6) is 0.175. The van der Waals surface area contributed by atoms with Gasteiger partial charge in [0.05, 0.1) is 6.54 Å². The molecule has 0 aromatic carbocycles. The summed E-state index contributed by atoms with van der Waals surface area (Å²) in [6, 6.07) is 0. The smallest absolute Gasteiger partial charge is 0.303 e. The summed E-state index contributed by atoms with van der Waals surface area (Å²) < 4.78 is 1.88. The van der Waals surface area contributed by atoms with Crippen LogP contribution in [0.1, 0.15) is 38.9 Å². The number of carbonyl (C=O) groups is 1. The quantitative estimate of drug-likeness (QED) is 0.681. The Labute approximate surface area is 107 Å². The van der Waals surface area contributed by atoms with E-state index in [2.05, 4.69) is 29.4 Å². The summed E-state index contributed by atoms with van der Waals surface area (Å²) in [6.45, 7) is 5.73. The van der Waals surface area contributed by atoms with Crippen LogP contribution in [0.2, 0.25) is 0 Å². The molecule has 0 amide bonds. The lowest BCUT2D eigenvalue weighted by atomic mass is 9.84. The Balaban J connectivity index is 2.20. The van der Waals surface area contributed by atoms with E-state index < -0.39 is 5.97 Å². The van der Waals surface area contributed by atoms with Gasteiger partial charge in [-0.15, -0.1) is 10.2 Å². The molecule has 2 N–H and O–H groups in total. The van der Waals surface area contributed by atoms with Gasteiger partial charge in [-0.2, -0.15) is 0 Å². The number of hydrogen-bond donors (Lipinski definition) is 2. The van der Waals surface area contributed by atoms with E-state index in [1.807, 2.05) is 11.6 Å². The molecular weight excluding hydrogens is 232 g/mol. The van der Waals surface area contributed by atoms with E-state index in [1.165, 1.54) is 0 Å². The van der Waals surface area contributed by atoms with Crippen LogP contribution in [-0.4, -0.2) is 32.4 Å². The maximum Gasteiger partial charge on any atom is 0.303 e. The first-order valence-electron chi connectivity index (χ1n) is 6.16. The normalized spacial score (nSPS) is 11.7. The predicted molar refractivity (Wildman–Crippen MR) is 68.0 cm³/mol. The molecule has 6 nitrogen and oxygen atoms in total. The van der Waals surface area contributed by atoms with E-state index >= 15 is 0 Å². The second-order valence-electron chi connectivity index (χ2n) is 5.34. The number of aryl methyl sites for hydroxylation is 1. The highest BCUT2D eigenvalue weighted by Crippen LogP contribution is 2.25. The molecule has 0 fully saturated rings. The predicted octanol–water partition coefficient (Wildman–Crippen LogP) is 1.19. The van der Waals surface area contributed by atoms with E-state index in [9.17, 15) is 4.79 Å². The first-order chi connectivity index (χ1) is 8.41. The lowest BCUT2D eigenvalue weighted by Gasteiger charge is -2.23. The molecule has 102 valence electrons. The van der Waals surface area contributed by atoms with Crippen LogP contribution in [0.25, 0.3) is 0 Å². The number of hydrogen-bond acceptors (Lipinski definition) is 4. The van der Waals surface area contributed by atoms with Crippen LogP contribution in [0.15, 0.2) is 6.33 Å². The lowest BCUT2D eigenvalue weighted by molar-refractivity contribution is -0.137. The van der Waals surface area contributed by atoms with Crippen LogP contribution in [0.4, 0.5) is 0 Å². The van der Waals surface area contributed by atoms with Gasteiger partial charge < -0.3 is 15.0 Å². The SMILES string of the molecule is Cn1cnnc1CNCCC(C)(C)CCC(=O)O. The zero-order chi connectivity index (χ0) is 13.6. The van der Waals surface area contributed by atoms with Gasteiger partial charge in [0.1, 0.15) is 12.2 Å². The number of carboxylic acids is 1. The summed E-state index contributed by atoms with van der Waals surface area (Å²) in [5, 5.41) is 19.8. The van der Waals surface area contributed by atoms with E-state index in [0.29, 0.717) is 13.0 Å². The molecule has 6 heteroatoms. The van der Waals surface area contributed by atoms with Crippen LogP contribution in [0.3, 0.4) is 0 Å². The summed E-state index contributed by atoms with van der Waals surface area (Å²) >= 11 is 0. The summed E-state index contributed by atoms with van der Waals surface area (Å²) in [4.78, 5) is 10.5. The Morgan fingerprint density at radius 1 is 1.50 bits per heavy atom. The van der Waals surface area contributed by atoms with Crippen molar-refractivity contribution in [1.82, 2.24) is 20.1 Å². The van der Waals surface area contributed by atoms with E-state index in [0.717, 1.165) is 18.8 Å². The van der Waals surface area contributed by atoms with Gasteiger partial charge >= 0.3 is 5.97 Å². The van der Waals surface area contributed by atoms with Gasteiger partial charge in [0.25, 0.3) is 0 Å². The molecule has 0 saturated heterocycles. The Kier molecular flexibility index (Phi) is 5.27. The van der Waals surface area contributed by atoms with Gasteiger partial charge in [-0.1, -0.05) is 13.8 Å². The molecule has 0 aliphatic carbocycles. The second kappa shape index (κ2) is 6.49. The zero-order valence-corrected chi connectivity index (χ0v) is 11.3. The Bertz CT molecular complexity index is 387. The van der Waals surface area contributed by atoms with Crippen molar-refractivity contribution in [2.24, 2.45) is 12.5 Å². The fourth-order valence-electron chi connectivity index (χ4n) is 1.66. The van der Waals surface area contributed by atoms with Crippen molar-refractivity contribution in [3.63, 3.8) is 0 Å². The fraction of sp³-hybridized carbons (Fsp3) is 0.750. The largest absolute Gasteiger partial charge is 0.481 e. The van der Waals surface area contributed by atoms with Crippen molar-refractivity contribution in [1.29, 1.82) is 0 Å². The van der Waals surface area contributed by atoms with Gasteiger partial charge in [-0.05, 0) is 24.8 Å². The van der Waals surface area contributed by atoms with E-state index in [4.69, 9.17) is 5.11 Å². The summed E-state index contributed by atoms with van der Waals surface area (Å²) in [5.41, 5.74) is 0.0469. The minimum Gasteiger partial charge on any atom is -0.481 e. The minimum absolute atomic E-state index is 0.0469. The molecule has 0 radical (unpaired) electrons. The first-order valence-corrected chi connectivity index (χ1v) is 6.16. The maximum atomic E-state index is 10.5. The number of rotatable bonds is 8. The number of aliphatic carboxylic acids is 1.